The van der Waals surface area contributed by atoms with E-state index in [-0.39, 0.29) is 21.4 Å². The Bertz CT molecular complexity index is 1590. The number of aromatic nitrogens is 1. The molecule has 0 bridgehead atoms. The van der Waals surface area contributed by atoms with Gasteiger partial charge in [-0.05, 0) is 68.7 Å². The highest BCUT2D eigenvalue weighted by Crippen LogP contribution is 2.27. The van der Waals surface area contributed by atoms with Gasteiger partial charge in [0, 0.05) is 37.6 Å². The van der Waals surface area contributed by atoms with Gasteiger partial charge in [0.05, 0.1) is 26.6 Å². The maximum absolute atomic E-state index is 13.3. The number of sulfonamides is 1. The van der Waals surface area contributed by atoms with Crippen molar-refractivity contribution in [3.05, 3.63) is 52.8 Å². The van der Waals surface area contributed by atoms with Crippen LogP contribution in [-0.2, 0) is 31.1 Å². The van der Waals surface area contributed by atoms with Crippen LogP contribution in [0.15, 0.2) is 57.2 Å². The number of thiazole rings is 1. The molecule has 0 saturated carbocycles. The van der Waals surface area contributed by atoms with Gasteiger partial charge in [-0.3, -0.25) is 4.79 Å². The second-order valence-corrected chi connectivity index (χ2v) is 14.2. The van der Waals surface area contributed by atoms with Crippen LogP contribution in [0.5, 0.6) is 0 Å². The standard InChI is InChI=1S/C26H33N3O6S3/c1-4-20-8-6-7-15-29(20)38(33,34)21-11-9-19(10-12-21)25(30)27-26-28(16-17-35-5-2)23-14-13-22(37(3,31)32)18-24(23)36-26/h9-14,18,20H,4-8,15-17H2,1-3H3. The lowest BCUT2D eigenvalue weighted by molar-refractivity contribution is 0.0996. The van der Waals surface area contributed by atoms with Crippen molar-refractivity contribution in [3.8, 4) is 0 Å². The number of sulfone groups is 1. The number of carbonyl (C=O) groups excluding carboxylic acids is 1. The highest BCUT2D eigenvalue weighted by Gasteiger charge is 2.32. The number of benzene rings is 2. The first kappa shape index (κ1) is 28.6. The van der Waals surface area contributed by atoms with Crippen LogP contribution >= 0.6 is 11.3 Å². The summed E-state index contributed by atoms with van der Waals surface area (Å²) in [5, 5.41) is 0. The number of ether oxygens (including phenoxy) is 1. The monoisotopic (exact) mass is 579 g/mol. The lowest BCUT2D eigenvalue weighted by Crippen LogP contribution is -2.43. The van der Waals surface area contributed by atoms with Gasteiger partial charge in [-0.1, -0.05) is 24.7 Å². The van der Waals surface area contributed by atoms with Gasteiger partial charge in [0.15, 0.2) is 14.6 Å². The summed E-state index contributed by atoms with van der Waals surface area (Å²) in [6.07, 6.45) is 4.64. The Balaban J connectivity index is 1.67. The molecule has 1 fully saturated rings. The predicted molar refractivity (Wildman–Crippen MR) is 148 cm³/mol. The second kappa shape index (κ2) is 11.8. The Hall–Kier alpha value is -2.38. The van der Waals surface area contributed by atoms with E-state index in [0.717, 1.165) is 37.5 Å². The fourth-order valence-corrected chi connectivity index (χ4v) is 8.22. The van der Waals surface area contributed by atoms with Crippen molar-refractivity contribution in [1.82, 2.24) is 8.87 Å². The maximum atomic E-state index is 13.3. The summed E-state index contributed by atoms with van der Waals surface area (Å²) in [6, 6.07) is 10.7. The van der Waals surface area contributed by atoms with E-state index in [0.29, 0.717) is 35.8 Å². The Labute approximate surface area is 227 Å². The first-order chi connectivity index (χ1) is 18.1. The Kier molecular flexibility index (Phi) is 8.88. The number of amides is 1. The largest absolute Gasteiger partial charge is 0.380 e. The number of hydrogen-bond donors (Lipinski definition) is 0. The number of nitrogens with zero attached hydrogens (tertiary/aromatic N) is 3. The zero-order chi connectivity index (χ0) is 27.5. The van der Waals surface area contributed by atoms with Gasteiger partial charge in [0.2, 0.25) is 10.0 Å². The molecule has 1 aliphatic heterocycles. The molecule has 0 radical (unpaired) electrons. The number of carbonyl (C=O) groups is 1. The van der Waals surface area contributed by atoms with Crippen LogP contribution in [0.25, 0.3) is 10.2 Å². The van der Waals surface area contributed by atoms with Gasteiger partial charge in [0.25, 0.3) is 5.91 Å². The number of hydrogen-bond acceptors (Lipinski definition) is 7. The van der Waals surface area contributed by atoms with E-state index in [1.54, 1.807) is 16.4 Å². The Morgan fingerprint density at radius 3 is 2.42 bits per heavy atom. The Morgan fingerprint density at radius 1 is 1.05 bits per heavy atom. The number of rotatable bonds is 9. The molecule has 9 nitrogen and oxygen atoms in total. The van der Waals surface area contributed by atoms with Crippen LogP contribution in [0, 0.1) is 0 Å². The van der Waals surface area contributed by atoms with Gasteiger partial charge in [-0.2, -0.15) is 9.30 Å². The molecule has 0 aliphatic carbocycles. The zero-order valence-corrected chi connectivity index (χ0v) is 24.2. The molecule has 4 rings (SSSR count). The molecule has 1 aliphatic rings. The predicted octanol–water partition coefficient (Wildman–Crippen LogP) is 3.84. The minimum atomic E-state index is -3.65. The average molecular weight is 580 g/mol. The van der Waals surface area contributed by atoms with Crippen molar-refractivity contribution in [2.24, 2.45) is 4.99 Å². The first-order valence-electron chi connectivity index (χ1n) is 12.7. The van der Waals surface area contributed by atoms with Gasteiger partial charge in [-0.15, -0.1) is 0 Å². The normalized spacial score (nSPS) is 17.8. The molecular formula is C26H33N3O6S3. The van der Waals surface area contributed by atoms with Crippen molar-refractivity contribution in [2.45, 2.75) is 61.9 Å². The SMILES string of the molecule is CCOCCn1c(=NC(=O)c2ccc(S(=O)(=O)N3CCCCC3CC)cc2)sc2cc(S(C)(=O)=O)ccc21. The minimum absolute atomic E-state index is 0.00614. The lowest BCUT2D eigenvalue weighted by atomic mass is 10.0. The van der Waals surface area contributed by atoms with Crippen LogP contribution in [0.4, 0.5) is 0 Å². The molecule has 1 aromatic heterocycles. The lowest BCUT2D eigenvalue weighted by Gasteiger charge is -2.34. The summed E-state index contributed by atoms with van der Waals surface area (Å²) in [6.45, 7) is 5.77. The molecule has 2 heterocycles. The van der Waals surface area contributed by atoms with Crippen LogP contribution < -0.4 is 4.80 Å². The third-order valence-electron chi connectivity index (χ3n) is 6.70. The summed E-state index contributed by atoms with van der Waals surface area (Å²) in [5.74, 6) is -0.515. The first-order valence-corrected chi connectivity index (χ1v) is 16.8. The zero-order valence-electron chi connectivity index (χ0n) is 21.8. The minimum Gasteiger partial charge on any atom is -0.380 e. The number of fused-ring (bicyclic) bond motifs is 1. The van der Waals surface area contributed by atoms with Crippen LogP contribution in [0.2, 0.25) is 0 Å². The van der Waals surface area contributed by atoms with Gasteiger partial charge in [-0.25, -0.2) is 16.8 Å². The molecule has 1 atom stereocenters. The van der Waals surface area contributed by atoms with Crippen LogP contribution in [0.3, 0.4) is 0 Å². The third kappa shape index (κ3) is 6.09. The molecule has 0 N–H and O–H groups in total. The quantitative estimate of drug-likeness (QED) is 0.356. The fourth-order valence-electron chi connectivity index (χ4n) is 4.64. The van der Waals surface area contributed by atoms with Gasteiger partial charge in [0.1, 0.15) is 0 Å². The fraction of sp³-hybridized carbons (Fsp3) is 0.462. The smallest absolute Gasteiger partial charge is 0.279 e. The van der Waals surface area contributed by atoms with Crippen molar-refractivity contribution in [2.75, 3.05) is 26.0 Å². The molecule has 3 aromatic rings. The van der Waals surface area contributed by atoms with Gasteiger partial charge < -0.3 is 9.30 Å². The molecule has 0 spiro atoms. The van der Waals surface area contributed by atoms with E-state index in [1.165, 1.54) is 41.7 Å². The van der Waals surface area contributed by atoms with Crippen LogP contribution in [0.1, 0.15) is 49.9 Å². The average Bonchev–Trinajstić information content (AvgIpc) is 3.24. The van der Waals surface area contributed by atoms with E-state index in [9.17, 15) is 21.6 Å². The van der Waals surface area contributed by atoms with E-state index in [2.05, 4.69) is 4.99 Å². The summed E-state index contributed by atoms with van der Waals surface area (Å²) >= 11 is 1.22. The Morgan fingerprint density at radius 2 is 1.76 bits per heavy atom. The second-order valence-electron chi connectivity index (χ2n) is 9.25. The highest BCUT2D eigenvalue weighted by atomic mass is 32.2. The van der Waals surface area contributed by atoms with Crippen molar-refractivity contribution in [1.29, 1.82) is 0 Å². The molecule has 1 amide bonds. The summed E-state index contributed by atoms with van der Waals surface area (Å²) in [7, 11) is -7.04. The van der Waals surface area contributed by atoms with Crippen molar-refractivity contribution >= 4 is 47.3 Å². The van der Waals surface area contributed by atoms with E-state index < -0.39 is 25.8 Å². The summed E-state index contributed by atoms with van der Waals surface area (Å²) in [4.78, 5) is 18.2. The van der Waals surface area contributed by atoms with E-state index in [1.807, 2.05) is 18.4 Å². The molecule has 206 valence electrons. The maximum Gasteiger partial charge on any atom is 0.279 e. The molecule has 1 unspecified atom stereocenters. The third-order valence-corrected chi connectivity index (χ3v) is 10.8. The highest BCUT2D eigenvalue weighted by molar-refractivity contribution is 7.90. The molecule has 12 heteroatoms. The van der Waals surface area contributed by atoms with E-state index >= 15 is 0 Å². The summed E-state index contributed by atoms with van der Waals surface area (Å²) in [5.41, 5.74) is 1.02. The van der Waals surface area contributed by atoms with Crippen LogP contribution in [-0.4, -0.2) is 63.7 Å². The van der Waals surface area contributed by atoms with E-state index in [4.69, 9.17) is 4.74 Å². The van der Waals surface area contributed by atoms with Crippen molar-refractivity contribution in [3.63, 3.8) is 0 Å². The molecule has 1 saturated heterocycles. The molecule has 2 aromatic carbocycles. The van der Waals surface area contributed by atoms with Gasteiger partial charge >= 0.3 is 0 Å². The molecular weight excluding hydrogens is 547 g/mol. The number of piperidine rings is 1. The summed E-state index contributed by atoms with van der Waals surface area (Å²) < 4.78 is 60.2. The topological polar surface area (TPSA) is 115 Å². The van der Waals surface area contributed by atoms with Crippen molar-refractivity contribution < 1.29 is 26.4 Å². The molecule has 38 heavy (non-hydrogen) atoms.